The summed E-state index contributed by atoms with van der Waals surface area (Å²) >= 11 is 0. The molecule has 528 valence electrons. The van der Waals surface area contributed by atoms with E-state index in [-0.39, 0.29) is 55.8 Å². The van der Waals surface area contributed by atoms with Crippen molar-refractivity contribution in [3.8, 4) is 0 Å². The van der Waals surface area contributed by atoms with E-state index in [2.05, 4.69) is 166 Å². The molecule has 0 aliphatic heterocycles. The molecule has 0 aliphatic rings. The molecule has 2 atom stereocenters. The normalized spacial score (nSPS) is 14.6. The Bertz CT molecular complexity index is 1470. The van der Waals surface area contributed by atoms with Gasteiger partial charge in [0.15, 0.2) is 0 Å². The monoisotopic (exact) mass is 1260 g/mol. The third-order valence-corrected chi connectivity index (χ3v) is 19.5. The lowest BCUT2D eigenvalue weighted by Crippen LogP contribution is -2.43. The topological polar surface area (TPSA) is 0 Å². The van der Waals surface area contributed by atoms with Crippen molar-refractivity contribution in [2.24, 2.45) is 89.7 Å². The molecule has 0 amide bonds. The first-order valence-electron chi connectivity index (χ1n) is 33.2. The van der Waals surface area contributed by atoms with Crippen LogP contribution in [0.1, 0.15) is 360 Å². The molecule has 0 spiro atoms. The van der Waals surface area contributed by atoms with Crippen LogP contribution in [0.25, 0.3) is 0 Å². The van der Waals surface area contributed by atoms with Crippen LogP contribution in [0.4, 0.5) is 52.7 Å². The predicted molar refractivity (Wildman–Crippen MR) is 356 cm³/mol. The fourth-order valence-electron chi connectivity index (χ4n) is 8.86. The number of rotatable bonds is 15. The molecule has 0 saturated carbocycles. The molecule has 0 rings (SSSR count). The lowest BCUT2D eigenvalue weighted by atomic mass is 9.65. The third-order valence-electron chi connectivity index (χ3n) is 19.5. The minimum atomic E-state index is -4.12. The Morgan fingerprint density at radius 1 is 0.282 bits per heavy atom. The summed E-state index contributed by atoms with van der Waals surface area (Å²) in [5, 5.41) is 0. The Balaban J connectivity index is -0.000000110. The molecule has 12 heteroatoms. The van der Waals surface area contributed by atoms with Gasteiger partial charge in [0, 0.05) is 0 Å². The van der Waals surface area contributed by atoms with Crippen LogP contribution in [0, 0.1) is 89.7 Å². The largest absolute Gasteiger partial charge is 0.394 e. The van der Waals surface area contributed by atoms with Gasteiger partial charge in [0.2, 0.25) is 0 Å². The standard InChI is InChI=1S/C11H21F3.C10H22.C9H20.2C8H15F3.C7H13F3.2C7H16.C6H14/c1-7(2)9(8(3)4)10(5,6)11(12,13)14;1-7-10(6,8-2)9(3,4)5;1-6-8(7-2)9(3,4)5;1-5-7(4,6(2)3)8(9,10)11;1-4-6-7(3,5-2)8(9,10)11;1-4-6(3,5-2)7(8,9)10;1-6(2)7(3,4)5;1-5-6-7(2,3)4;1-5-6(2,3)4/h7-9H,1-6H3;7-8H2,1-6H3;8H,6-7H2,1-5H3;6H,5H2,1-4H3;4-6H2,1-3H3;4-5H2,1-3H3;6H,1-5H3;5-6H2,1-4H3;5H2,1-4H3. The highest BCUT2D eigenvalue weighted by atomic mass is 19.4. The summed E-state index contributed by atoms with van der Waals surface area (Å²) in [6.07, 6.45) is -5.70. The molecule has 0 aromatic heterocycles. The summed E-state index contributed by atoms with van der Waals surface area (Å²) in [4.78, 5) is 0. The highest BCUT2D eigenvalue weighted by Crippen LogP contribution is 2.50. The Kier molecular flexibility index (Phi) is 52.2. The van der Waals surface area contributed by atoms with Gasteiger partial charge in [0.1, 0.15) is 0 Å². The minimum absolute atomic E-state index is 0.0478. The van der Waals surface area contributed by atoms with Crippen LogP contribution >= 0.6 is 0 Å². The summed E-state index contributed by atoms with van der Waals surface area (Å²) in [6.45, 7) is 79.9. The Labute approximate surface area is 525 Å². The van der Waals surface area contributed by atoms with Gasteiger partial charge in [-0.15, -0.1) is 0 Å². The van der Waals surface area contributed by atoms with E-state index in [1.165, 1.54) is 79.6 Å². The number of alkyl halides is 12. The number of hydrogen-bond donors (Lipinski definition) is 0. The van der Waals surface area contributed by atoms with E-state index >= 15 is 0 Å². The van der Waals surface area contributed by atoms with E-state index in [9.17, 15) is 52.7 Å². The van der Waals surface area contributed by atoms with E-state index in [1.807, 2.05) is 27.7 Å². The number of hydrogen-bond acceptors (Lipinski definition) is 0. The molecule has 0 heterocycles. The second-order valence-corrected chi connectivity index (χ2v) is 32.7. The zero-order chi connectivity index (χ0) is 71.7. The van der Waals surface area contributed by atoms with Gasteiger partial charge in [0.25, 0.3) is 0 Å². The van der Waals surface area contributed by atoms with E-state index < -0.39 is 46.4 Å². The Morgan fingerprint density at radius 2 is 0.553 bits per heavy atom. The summed E-state index contributed by atoms with van der Waals surface area (Å²) in [5.74, 6) is 1.11. The second kappa shape index (κ2) is 43.1. The zero-order valence-corrected chi connectivity index (χ0v) is 64.2. The molecule has 0 nitrogen and oxygen atoms in total. The van der Waals surface area contributed by atoms with Gasteiger partial charge in [0.05, 0.1) is 21.7 Å². The quantitative estimate of drug-likeness (QED) is 0.143. The first kappa shape index (κ1) is 103. The average Bonchev–Trinajstić information content (AvgIpc) is 3.29. The predicted octanol–water partition coefficient (Wildman–Crippen LogP) is 30.6. The van der Waals surface area contributed by atoms with Crippen molar-refractivity contribution in [3.63, 3.8) is 0 Å². The molecule has 0 aromatic carbocycles. The maximum absolute atomic E-state index is 12.8. The van der Waals surface area contributed by atoms with E-state index in [1.54, 1.807) is 48.5 Å². The SMILES string of the molecule is CC(C)C(C(C)C)C(C)(C)C(F)(F)F.CC(C)C(C)(C)C.CCC(C)(C(C)C)C(F)(F)F.CCC(C)(C)C.CCC(C)(CC)C(C)(C)C.CCC(C)(CC)C(F)(F)F.CCC(CC)C(C)(C)C.CCCC(C)(C)C.CCCC(C)(CC)C(F)(F)F. The lowest BCUT2D eigenvalue weighted by molar-refractivity contribution is -0.239. The van der Waals surface area contributed by atoms with Gasteiger partial charge < -0.3 is 0 Å². The van der Waals surface area contributed by atoms with Crippen LogP contribution in [0.15, 0.2) is 0 Å². The zero-order valence-electron chi connectivity index (χ0n) is 64.2. The molecule has 0 bridgehead atoms. The first-order valence-corrected chi connectivity index (χ1v) is 33.2. The van der Waals surface area contributed by atoms with Crippen LogP contribution in [-0.4, -0.2) is 24.7 Å². The minimum Gasteiger partial charge on any atom is -0.171 e. The Hall–Kier alpha value is -0.840. The van der Waals surface area contributed by atoms with Crippen molar-refractivity contribution in [2.45, 2.75) is 385 Å². The van der Waals surface area contributed by atoms with E-state index in [0.29, 0.717) is 38.9 Å². The summed E-state index contributed by atoms with van der Waals surface area (Å²) < 4.78 is 149. The van der Waals surface area contributed by atoms with Gasteiger partial charge in [-0.05, 0) is 107 Å². The summed E-state index contributed by atoms with van der Waals surface area (Å²) in [7, 11) is 0. The fraction of sp³-hybridized carbons (Fsp3) is 1.00. The molecular weight excluding hydrogens is 1100 g/mol. The third kappa shape index (κ3) is 46.0. The first-order chi connectivity index (χ1) is 37.0. The summed E-state index contributed by atoms with van der Waals surface area (Å²) in [6, 6.07) is 0. The molecule has 2 unspecified atom stereocenters. The molecule has 0 aromatic rings. The molecule has 0 fully saturated rings. The van der Waals surface area contributed by atoms with Gasteiger partial charge in [-0.1, -0.05) is 322 Å². The Morgan fingerprint density at radius 3 is 0.576 bits per heavy atom. The van der Waals surface area contributed by atoms with Gasteiger partial charge >= 0.3 is 24.7 Å². The molecular formula is C73H152F12. The van der Waals surface area contributed by atoms with Crippen LogP contribution in [-0.2, 0) is 0 Å². The van der Waals surface area contributed by atoms with Crippen LogP contribution < -0.4 is 0 Å². The smallest absolute Gasteiger partial charge is 0.171 e. The van der Waals surface area contributed by atoms with Gasteiger partial charge in [-0.3, -0.25) is 0 Å². The van der Waals surface area contributed by atoms with Gasteiger partial charge in [-0.2, -0.15) is 52.7 Å². The highest BCUT2D eigenvalue weighted by molar-refractivity contribution is 4.89. The van der Waals surface area contributed by atoms with Gasteiger partial charge in [-0.25, -0.2) is 0 Å². The molecule has 85 heavy (non-hydrogen) atoms. The van der Waals surface area contributed by atoms with Crippen molar-refractivity contribution < 1.29 is 52.7 Å². The summed E-state index contributed by atoms with van der Waals surface area (Å²) in [5.41, 5.74) is -2.99. The van der Waals surface area contributed by atoms with E-state index in [0.717, 1.165) is 11.8 Å². The van der Waals surface area contributed by atoms with Crippen LogP contribution in [0.5, 0.6) is 0 Å². The lowest BCUT2D eigenvalue weighted by Gasteiger charge is -2.41. The van der Waals surface area contributed by atoms with Crippen molar-refractivity contribution in [1.29, 1.82) is 0 Å². The van der Waals surface area contributed by atoms with Crippen molar-refractivity contribution in [1.82, 2.24) is 0 Å². The van der Waals surface area contributed by atoms with E-state index in [4.69, 9.17) is 0 Å². The van der Waals surface area contributed by atoms with Crippen molar-refractivity contribution in [3.05, 3.63) is 0 Å². The van der Waals surface area contributed by atoms with Crippen molar-refractivity contribution in [2.75, 3.05) is 0 Å². The average molecular weight is 1260 g/mol. The maximum atomic E-state index is 12.8. The van der Waals surface area contributed by atoms with Crippen molar-refractivity contribution >= 4 is 0 Å². The highest BCUT2D eigenvalue weighted by Gasteiger charge is 2.54. The maximum Gasteiger partial charge on any atom is 0.394 e. The molecule has 0 aliphatic carbocycles. The van der Waals surface area contributed by atoms with Crippen LogP contribution in [0.3, 0.4) is 0 Å². The fourth-order valence-corrected chi connectivity index (χ4v) is 8.86. The molecule has 0 N–H and O–H groups in total. The van der Waals surface area contributed by atoms with Crippen LogP contribution in [0.2, 0.25) is 0 Å². The number of halogens is 12. The molecule has 0 radical (unpaired) electrons. The molecule has 0 saturated heterocycles. The second-order valence-electron chi connectivity index (χ2n) is 32.7.